The second-order valence-corrected chi connectivity index (χ2v) is 5.71. The highest BCUT2D eigenvalue weighted by Crippen LogP contribution is 2.44. The van der Waals surface area contributed by atoms with Gasteiger partial charge < -0.3 is 14.8 Å². The number of rotatable bonds is 7. The highest BCUT2D eigenvalue weighted by Gasteiger charge is 2.42. The van der Waals surface area contributed by atoms with Crippen LogP contribution < -0.4 is 14.8 Å². The summed E-state index contributed by atoms with van der Waals surface area (Å²) in [4.78, 5) is 12.0. The van der Waals surface area contributed by atoms with Crippen LogP contribution in [0.1, 0.15) is 25.7 Å². The summed E-state index contributed by atoms with van der Waals surface area (Å²) >= 11 is 0. The molecular formula is C16H21NO3. The van der Waals surface area contributed by atoms with Crippen LogP contribution in [0.25, 0.3) is 0 Å². The molecule has 0 bridgehead atoms. The van der Waals surface area contributed by atoms with E-state index >= 15 is 0 Å². The van der Waals surface area contributed by atoms with Crippen molar-refractivity contribution in [3.05, 3.63) is 24.3 Å². The molecule has 0 unspecified atom stereocenters. The van der Waals surface area contributed by atoms with Gasteiger partial charge in [-0.1, -0.05) is 12.1 Å². The third kappa shape index (κ3) is 3.24. The summed E-state index contributed by atoms with van der Waals surface area (Å²) in [5.74, 6) is 2.65. The molecule has 1 amide bonds. The minimum Gasteiger partial charge on any atom is -0.493 e. The fourth-order valence-electron chi connectivity index (χ4n) is 2.64. The number of amides is 1. The summed E-state index contributed by atoms with van der Waals surface area (Å²) in [6, 6.07) is 7.76. The SMILES string of the molecule is COc1ccccc1OCC(=O)NC(C1CC1)C1CC1. The maximum atomic E-state index is 12.0. The summed E-state index contributed by atoms with van der Waals surface area (Å²) < 4.78 is 10.8. The van der Waals surface area contributed by atoms with Crippen LogP contribution in [0, 0.1) is 11.8 Å². The van der Waals surface area contributed by atoms with Crippen LogP contribution in [0.2, 0.25) is 0 Å². The predicted molar refractivity (Wildman–Crippen MR) is 75.9 cm³/mol. The Hall–Kier alpha value is -1.71. The average Bonchev–Trinajstić information content (AvgIpc) is 3.35. The monoisotopic (exact) mass is 275 g/mol. The molecule has 2 aliphatic carbocycles. The molecule has 0 heterocycles. The smallest absolute Gasteiger partial charge is 0.258 e. The second kappa shape index (κ2) is 5.73. The molecule has 0 aromatic heterocycles. The van der Waals surface area contributed by atoms with Gasteiger partial charge in [0.05, 0.1) is 7.11 Å². The van der Waals surface area contributed by atoms with Gasteiger partial charge in [0.15, 0.2) is 18.1 Å². The molecule has 3 rings (SSSR count). The normalized spacial score (nSPS) is 17.9. The lowest BCUT2D eigenvalue weighted by Crippen LogP contribution is -2.40. The summed E-state index contributed by atoms with van der Waals surface area (Å²) in [7, 11) is 1.60. The molecule has 4 nitrogen and oxygen atoms in total. The first-order valence-electron chi connectivity index (χ1n) is 7.33. The fourth-order valence-corrected chi connectivity index (χ4v) is 2.64. The number of ether oxygens (including phenoxy) is 2. The molecule has 0 aliphatic heterocycles. The zero-order valence-corrected chi connectivity index (χ0v) is 11.8. The van der Waals surface area contributed by atoms with Crippen molar-refractivity contribution >= 4 is 5.91 Å². The van der Waals surface area contributed by atoms with Crippen molar-refractivity contribution < 1.29 is 14.3 Å². The van der Waals surface area contributed by atoms with E-state index < -0.39 is 0 Å². The van der Waals surface area contributed by atoms with E-state index in [-0.39, 0.29) is 12.5 Å². The summed E-state index contributed by atoms with van der Waals surface area (Å²) in [6.45, 7) is 0.0519. The maximum absolute atomic E-state index is 12.0. The standard InChI is InChI=1S/C16H21NO3/c1-19-13-4-2-3-5-14(13)20-10-15(18)17-16(11-6-7-11)12-8-9-12/h2-5,11-12,16H,6-10H2,1H3,(H,17,18). The van der Waals surface area contributed by atoms with Crippen LogP contribution in [0.3, 0.4) is 0 Å². The Morgan fingerprint density at radius 1 is 1.20 bits per heavy atom. The van der Waals surface area contributed by atoms with Gasteiger partial charge in [-0.25, -0.2) is 0 Å². The van der Waals surface area contributed by atoms with Crippen molar-refractivity contribution in [2.24, 2.45) is 11.8 Å². The molecular weight excluding hydrogens is 254 g/mol. The number of benzene rings is 1. The Balaban J connectivity index is 1.51. The lowest BCUT2D eigenvalue weighted by molar-refractivity contribution is -0.124. The minimum absolute atomic E-state index is 0.0280. The van der Waals surface area contributed by atoms with E-state index in [1.165, 1.54) is 25.7 Å². The first-order chi connectivity index (χ1) is 9.78. The van der Waals surface area contributed by atoms with Gasteiger partial charge in [-0.05, 0) is 49.7 Å². The summed E-state index contributed by atoms with van der Waals surface area (Å²) in [6.07, 6.45) is 5.03. The van der Waals surface area contributed by atoms with Crippen LogP contribution in [0.15, 0.2) is 24.3 Å². The van der Waals surface area contributed by atoms with E-state index in [0.717, 1.165) is 0 Å². The molecule has 0 spiro atoms. The average molecular weight is 275 g/mol. The second-order valence-electron chi connectivity index (χ2n) is 5.71. The number of hydrogen-bond acceptors (Lipinski definition) is 3. The Labute approximate surface area is 119 Å². The molecule has 2 aliphatic rings. The molecule has 1 aromatic carbocycles. The van der Waals surface area contributed by atoms with Crippen LogP contribution in [-0.4, -0.2) is 25.7 Å². The van der Waals surface area contributed by atoms with Crippen LogP contribution in [0.5, 0.6) is 11.5 Å². The molecule has 2 fully saturated rings. The van der Waals surface area contributed by atoms with Crippen molar-refractivity contribution in [2.75, 3.05) is 13.7 Å². The number of para-hydroxylation sites is 2. The van der Waals surface area contributed by atoms with Crippen molar-refractivity contribution in [3.8, 4) is 11.5 Å². The highest BCUT2D eigenvalue weighted by atomic mass is 16.5. The first kappa shape index (κ1) is 13.3. The zero-order chi connectivity index (χ0) is 13.9. The van der Waals surface area contributed by atoms with E-state index in [1.807, 2.05) is 24.3 Å². The maximum Gasteiger partial charge on any atom is 0.258 e. The number of nitrogens with one attached hydrogen (secondary N) is 1. The van der Waals surface area contributed by atoms with Crippen LogP contribution in [0.4, 0.5) is 0 Å². The number of carbonyl (C=O) groups excluding carboxylic acids is 1. The van der Waals surface area contributed by atoms with Crippen molar-refractivity contribution in [1.29, 1.82) is 0 Å². The van der Waals surface area contributed by atoms with Crippen molar-refractivity contribution in [3.63, 3.8) is 0 Å². The van der Waals surface area contributed by atoms with E-state index in [4.69, 9.17) is 9.47 Å². The highest BCUT2D eigenvalue weighted by molar-refractivity contribution is 5.78. The zero-order valence-electron chi connectivity index (χ0n) is 11.8. The Bertz CT molecular complexity index is 468. The molecule has 2 saturated carbocycles. The third-order valence-electron chi connectivity index (χ3n) is 4.02. The van der Waals surface area contributed by atoms with Gasteiger partial charge in [-0.3, -0.25) is 4.79 Å². The minimum atomic E-state index is -0.0280. The summed E-state index contributed by atoms with van der Waals surface area (Å²) in [5.41, 5.74) is 0. The number of methoxy groups -OCH3 is 1. The summed E-state index contributed by atoms with van der Waals surface area (Å²) in [5, 5.41) is 3.14. The molecule has 0 atom stereocenters. The molecule has 1 aromatic rings. The molecule has 0 saturated heterocycles. The van der Waals surface area contributed by atoms with Crippen LogP contribution in [-0.2, 0) is 4.79 Å². The lowest BCUT2D eigenvalue weighted by Gasteiger charge is -2.18. The topological polar surface area (TPSA) is 47.6 Å². The van der Waals surface area contributed by atoms with Gasteiger partial charge in [0.25, 0.3) is 5.91 Å². The van der Waals surface area contributed by atoms with Gasteiger partial charge in [0.1, 0.15) is 0 Å². The third-order valence-corrected chi connectivity index (χ3v) is 4.02. The predicted octanol–water partition coefficient (Wildman–Crippen LogP) is 2.38. The van der Waals surface area contributed by atoms with Gasteiger partial charge in [-0.2, -0.15) is 0 Å². The molecule has 0 radical (unpaired) electrons. The molecule has 20 heavy (non-hydrogen) atoms. The van der Waals surface area contributed by atoms with Gasteiger partial charge in [-0.15, -0.1) is 0 Å². The van der Waals surface area contributed by atoms with Gasteiger partial charge in [0, 0.05) is 6.04 Å². The molecule has 108 valence electrons. The quantitative estimate of drug-likeness (QED) is 0.831. The molecule has 4 heteroatoms. The fraction of sp³-hybridized carbons (Fsp3) is 0.562. The van der Waals surface area contributed by atoms with Gasteiger partial charge >= 0.3 is 0 Å². The number of hydrogen-bond donors (Lipinski definition) is 1. The lowest BCUT2D eigenvalue weighted by atomic mass is 10.1. The van der Waals surface area contributed by atoms with Crippen LogP contribution >= 0.6 is 0 Å². The van der Waals surface area contributed by atoms with E-state index in [9.17, 15) is 4.79 Å². The van der Waals surface area contributed by atoms with E-state index in [2.05, 4.69) is 5.32 Å². The van der Waals surface area contributed by atoms with Gasteiger partial charge in [0.2, 0.25) is 0 Å². The Morgan fingerprint density at radius 3 is 2.35 bits per heavy atom. The van der Waals surface area contributed by atoms with Crippen molar-refractivity contribution in [2.45, 2.75) is 31.7 Å². The largest absolute Gasteiger partial charge is 0.493 e. The first-order valence-corrected chi connectivity index (χ1v) is 7.33. The number of carbonyl (C=O) groups is 1. The van der Waals surface area contributed by atoms with Crippen molar-refractivity contribution in [1.82, 2.24) is 5.32 Å². The van der Waals surface area contributed by atoms with E-state index in [1.54, 1.807) is 7.11 Å². The van der Waals surface area contributed by atoms with E-state index in [0.29, 0.717) is 29.4 Å². The molecule has 1 N–H and O–H groups in total. The Morgan fingerprint density at radius 2 is 1.80 bits per heavy atom. The Kier molecular flexibility index (Phi) is 3.81.